The minimum atomic E-state index is -0.999. The van der Waals surface area contributed by atoms with Crippen molar-refractivity contribution in [1.29, 1.82) is 0 Å². The Morgan fingerprint density at radius 1 is 1.41 bits per heavy atom. The first-order chi connectivity index (χ1) is 8.00. The van der Waals surface area contributed by atoms with Crippen LogP contribution in [0, 0.1) is 12.8 Å². The Balaban J connectivity index is 2.47. The van der Waals surface area contributed by atoms with Crippen molar-refractivity contribution in [2.45, 2.75) is 25.7 Å². The van der Waals surface area contributed by atoms with E-state index in [2.05, 4.69) is 13.8 Å². The zero-order valence-corrected chi connectivity index (χ0v) is 11.5. The Hall–Kier alpha value is -0.870. The molecular weight excluding hydrogens is 234 g/mol. The van der Waals surface area contributed by atoms with Crippen molar-refractivity contribution >= 4 is 16.5 Å². The highest BCUT2D eigenvalue weighted by molar-refractivity contribution is 7.85. The maximum Gasteiger partial charge on any atom is 0.0585 e. The SMILES string of the molecule is Cc1cc(N)ccc1S(=O)CCOCC(C)C. The van der Waals surface area contributed by atoms with E-state index in [-0.39, 0.29) is 0 Å². The topological polar surface area (TPSA) is 52.3 Å². The van der Waals surface area contributed by atoms with E-state index < -0.39 is 10.8 Å². The third kappa shape index (κ3) is 4.88. The van der Waals surface area contributed by atoms with Gasteiger partial charge in [-0.3, -0.25) is 4.21 Å². The van der Waals surface area contributed by atoms with Crippen molar-refractivity contribution in [2.24, 2.45) is 5.92 Å². The molecule has 0 aliphatic heterocycles. The van der Waals surface area contributed by atoms with Crippen LogP contribution in [0.25, 0.3) is 0 Å². The normalized spacial score (nSPS) is 12.9. The van der Waals surface area contributed by atoms with Crippen LogP contribution in [-0.4, -0.2) is 23.2 Å². The molecule has 3 nitrogen and oxygen atoms in total. The molecule has 0 bridgehead atoms. The van der Waals surface area contributed by atoms with Crippen molar-refractivity contribution in [1.82, 2.24) is 0 Å². The van der Waals surface area contributed by atoms with Gasteiger partial charge in [-0.2, -0.15) is 0 Å². The van der Waals surface area contributed by atoms with Gasteiger partial charge >= 0.3 is 0 Å². The third-order valence-corrected chi connectivity index (χ3v) is 3.79. The molecule has 0 saturated heterocycles. The summed E-state index contributed by atoms with van der Waals surface area (Å²) in [7, 11) is -0.999. The summed E-state index contributed by atoms with van der Waals surface area (Å²) < 4.78 is 17.4. The summed E-state index contributed by atoms with van der Waals surface area (Å²) in [4.78, 5) is 0.854. The zero-order valence-electron chi connectivity index (χ0n) is 10.7. The molecule has 1 aromatic carbocycles. The lowest BCUT2D eigenvalue weighted by Crippen LogP contribution is -2.10. The summed E-state index contributed by atoms with van der Waals surface area (Å²) in [5.74, 6) is 1.05. The monoisotopic (exact) mass is 255 g/mol. The van der Waals surface area contributed by atoms with Gasteiger partial charge in [0.15, 0.2) is 0 Å². The second-order valence-electron chi connectivity index (χ2n) is 4.54. The number of rotatable bonds is 6. The molecule has 1 unspecified atom stereocenters. The van der Waals surface area contributed by atoms with Crippen molar-refractivity contribution in [3.8, 4) is 0 Å². The molecule has 0 aliphatic rings. The molecule has 1 atom stereocenters. The van der Waals surface area contributed by atoms with E-state index in [0.29, 0.717) is 24.0 Å². The van der Waals surface area contributed by atoms with E-state index in [0.717, 1.165) is 17.1 Å². The van der Waals surface area contributed by atoms with Crippen LogP contribution in [0.4, 0.5) is 5.69 Å². The lowest BCUT2D eigenvalue weighted by atomic mass is 10.2. The minimum absolute atomic E-state index is 0.515. The molecule has 17 heavy (non-hydrogen) atoms. The highest BCUT2D eigenvalue weighted by Crippen LogP contribution is 2.16. The number of anilines is 1. The van der Waals surface area contributed by atoms with Crippen LogP contribution in [0.3, 0.4) is 0 Å². The summed E-state index contributed by atoms with van der Waals surface area (Å²) >= 11 is 0. The van der Waals surface area contributed by atoms with Crippen LogP contribution in [0.1, 0.15) is 19.4 Å². The minimum Gasteiger partial charge on any atom is -0.399 e. The van der Waals surface area contributed by atoms with E-state index in [4.69, 9.17) is 10.5 Å². The second-order valence-corrected chi connectivity index (χ2v) is 6.08. The van der Waals surface area contributed by atoms with E-state index in [1.807, 2.05) is 19.1 Å². The van der Waals surface area contributed by atoms with Gasteiger partial charge in [-0.05, 0) is 36.6 Å². The smallest absolute Gasteiger partial charge is 0.0585 e. The first-order valence-corrected chi connectivity index (χ1v) is 7.15. The van der Waals surface area contributed by atoms with Gasteiger partial charge in [0, 0.05) is 17.2 Å². The van der Waals surface area contributed by atoms with Crippen molar-refractivity contribution in [3.05, 3.63) is 23.8 Å². The van der Waals surface area contributed by atoms with Crippen LogP contribution >= 0.6 is 0 Å². The number of aryl methyl sites for hydroxylation is 1. The fourth-order valence-corrected chi connectivity index (χ4v) is 2.62. The number of ether oxygens (including phenoxy) is 1. The molecule has 2 N–H and O–H groups in total. The number of hydrogen-bond acceptors (Lipinski definition) is 3. The highest BCUT2D eigenvalue weighted by Gasteiger charge is 2.07. The Labute approximate surface area is 106 Å². The molecule has 0 spiro atoms. The van der Waals surface area contributed by atoms with Crippen LogP contribution in [0.15, 0.2) is 23.1 Å². The summed E-state index contributed by atoms with van der Waals surface area (Å²) in [5, 5.41) is 0. The lowest BCUT2D eigenvalue weighted by Gasteiger charge is -2.08. The first kappa shape index (κ1) is 14.2. The maximum atomic E-state index is 12.0. The Morgan fingerprint density at radius 2 is 2.12 bits per heavy atom. The van der Waals surface area contributed by atoms with Crippen molar-refractivity contribution < 1.29 is 8.95 Å². The first-order valence-electron chi connectivity index (χ1n) is 5.83. The number of hydrogen-bond donors (Lipinski definition) is 1. The van der Waals surface area contributed by atoms with Crippen molar-refractivity contribution in [2.75, 3.05) is 24.7 Å². The van der Waals surface area contributed by atoms with Gasteiger partial charge in [0.2, 0.25) is 0 Å². The van der Waals surface area contributed by atoms with E-state index in [1.165, 1.54) is 0 Å². The second kappa shape index (κ2) is 6.77. The largest absolute Gasteiger partial charge is 0.399 e. The van der Waals surface area contributed by atoms with E-state index in [1.54, 1.807) is 6.07 Å². The van der Waals surface area contributed by atoms with Crippen molar-refractivity contribution in [3.63, 3.8) is 0 Å². The van der Waals surface area contributed by atoms with Gasteiger partial charge in [-0.15, -0.1) is 0 Å². The quantitative estimate of drug-likeness (QED) is 0.627. The molecule has 1 aromatic rings. The van der Waals surface area contributed by atoms with E-state index in [9.17, 15) is 4.21 Å². The number of nitrogens with two attached hydrogens (primary N) is 1. The van der Waals surface area contributed by atoms with E-state index >= 15 is 0 Å². The molecule has 4 heteroatoms. The molecule has 96 valence electrons. The predicted octanol–water partition coefficient (Wildman–Crippen LogP) is 2.36. The Morgan fingerprint density at radius 3 is 2.71 bits per heavy atom. The van der Waals surface area contributed by atoms with Crippen LogP contribution in [0.5, 0.6) is 0 Å². The van der Waals surface area contributed by atoms with Crippen LogP contribution in [-0.2, 0) is 15.5 Å². The van der Waals surface area contributed by atoms with Gasteiger partial charge in [-0.1, -0.05) is 13.8 Å². The third-order valence-electron chi connectivity index (χ3n) is 2.31. The molecule has 0 saturated carbocycles. The van der Waals surface area contributed by atoms with Gasteiger partial charge in [0.1, 0.15) is 0 Å². The summed E-state index contributed by atoms with van der Waals surface area (Å²) in [6.45, 7) is 7.38. The summed E-state index contributed by atoms with van der Waals surface area (Å²) in [6, 6.07) is 5.47. The molecule has 0 radical (unpaired) electrons. The van der Waals surface area contributed by atoms with Gasteiger partial charge in [0.25, 0.3) is 0 Å². The van der Waals surface area contributed by atoms with Gasteiger partial charge in [0.05, 0.1) is 23.2 Å². The van der Waals surface area contributed by atoms with Gasteiger partial charge < -0.3 is 10.5 Å². The Bertz CT molecular complexity index is 391. The number of nitrogen functional groups attached to an aromatic ring is 1. The Kier molecular flexibility index (Phi) is 5.65. The fraction of sp³-hybridized carbons (Fsp3) is 0.538. The predicted molar refractivity (Wildman–Crippen MR) is 72.5 cm³/mol. The zero-order chi connectivity index (χ0) is 12.8. The molecular formula is C13H21NO2S. The van der Waals surface area contributed by atoms with Gasteiger partial charge in [-0.25, -0.2) is 0 Å². The average Bonchev–Trinajstić information content (AvgIpc) is 2.23. The maximum absolute atomic E-state index is 12.0. The fourth-order valence-electron chi connectivity index (χ4n) is 1.49. The van der Waals surface area contributed by atoms with Crippen LogP contribution in [0.2, 0.25) is 0 Å². The number of benzene rings is 1. The molecule has 0 aromatic heterocycles. The molecule has 1 rings (SSSR count). The highest BCUT2D eigenvalue weighted by atomic mass is 32.2. The molecule has 0 amide bonds. The summed E-state index contributed by atoms with van der Waals surface area (Å²) in [5.41, 5.74) is 7.35. The molecule has 0 aliphatic carbocycles. The molecule has 0 fully saturated rings. The standard InChI is InChI=1S/C13H21NO2S/c1-10(2)9-16-6-7-17(15)13-5-4-12(14)8-11(13)3/h4-5,8,10H,6-7,9,14H2,1-3H3. The average molecular weight is 255 g/mol. The lowest BCUT2D eigenvalue weighted by molar-refractivity contribution is 0.123. The molecule has 0 heterocycles. The van der Waals surface area contributed by atoms with Crippen LogP contribution < -0.4 is 5.73 Å². The summed E-state index contributed by atoms with van der Waals surface area (Å²) in [6.07, 6.45) is 0.